The van der Waals surface area contributed by atoms with Gasteiger partial charge in [-0.2, -0.15) is 0 Å². The largest absolute Gasteiger partial charge is 0.468 e. The van der Waals surface area contributed by atoms with E-state index in [0.717, 1.165) is 0 Å². The molecule has 0 radical (unpaired) electrons. The predicted octanol–water partition coefficient (Wildman–Crippen LogP) is 1.46. The Morgan fingerprint density at radius 2 is 1.67 bits per heavy atom. The molecule has 0 aliphatic heterocycles. The first-order valence-electron chi connectivity index (χ1n) is 6.35. The maximum absolute atomic E-state index is 12.0. The van der Waals surface area contributed by atoms with Gasteiger partial charge in [0.05, 0.1) is 19.1 Å². The van der Waals surface area contributed by atoms with Crippen LogP contribution in [-0.4, -0.2) is 49.7 Å². The Kier molecular flexibility index (Phi) is 6.91. The third kappa shape index (κ3) is 3.70. The minimum atomic E-state index is -0.935. The summed E-state index contributed by atoms with van der Waals surface area (Å²) in [5, 5.41) is 0. The maximum Gasteiger partial charge on any atom is 0.324 e. The smallest absolute Gasteiger partial charge is 0.324 e. The van der Waals surface area contributed by atoms with Crippen LogP contribution >= 0.6 is 0 Å². The molecule has 1 atom stereocenters. The van der Waals surface area contributed by atoms with Gasteiger partial charge in [-0.15, -0.1) is 0 Å². The molecule has 0 N–H and O–H groups in total. The third-order valence-corrected chi connectivity index (χ3v) is 3.09. The summed E-state index contributed by atoms with van der Waals surface area (Å²) >= 11 is 0. The molecule has 0 aliphatic rings. The van der Waals surface area contributed by atoms with E-state index < -0.39 is 17.4 Å². The van der Waals surface area contributed by atoms with Gasteiger partial charge in [-0.3, -0.25) is 14.5 Å². The van der Waals surface area contributed by atoms with E-state index in [4.69, 9.17) is 9.47 Å². The number of hydrogen-bond donors (Lipinski definition) is 0. The fourth-order valence-electron chi connectivity index (χ4n) is 2.03. The maximum atomic E-state index is 12.0. The summed E-state index contributed by atoms with van der Waals surface area (Å²) in [6, 6.07) is -0.628. The van der Waals surface area contributed by atoms with E-state index in [9.17, 15) is 9.59 Å². The van der Waals surface area contributed by atoms with Gasteiger partial charge in [0, 0.05) is 0 Å². The number of carbonyl (C=O) groups excluding carboxylic acids is 2. The van der Waals surface area contributed by atoms with Crippen molar-refractivity contribution in [2.75, 3.05) is 26.8 Å². The monoisotopic (exact) mass is 259 g/mol. The zero-order valence-electron chi connectivity index (χ0n) is 12.3. The fraction of sp³-hybridized carbons (Fsp3) is 0.846. The molecule has 0 heterocycles. The van der Waals surface area contributed by atoms with Gasteiger partial charge in [-0.05, 0) is 33.9 Å². The Bertz CT molecular complexity index is 285. The number of likely N-dealkylation sites (N-methyl/N-ethyl adjacent to an activating group) is 1. The van der Waals surface area contributed by atoms with Crippen molar-refractivity contribution in [3.8, 4) is 0 Å². The quantitative estimate of drug-likeness (QED) is 0.648. The number of esters is 2. The Hall–Kier alpha value is -1.10. The first-order valence-corrected chi connectivity index (χ1v) is 6.35. The normalized spacial score (nSPS) is 13.3. The molecular weight excluding hydrogens is 234 g/mol. The standard InChI is InChI=1S/C13H25NO4/c1-7-14(8-2)10(11(15)17-6)13(4,5)12(16)18-9-3/h10H,7-9H2,1-6H3/t10-/m1/s1. The summed E-state index contributed by atoms with van der Waals surface area (Å²) in [4.78, 5) is 25.9. The van der Waals surface area contributed by atoms with Crippen LogP contribution in [0, 0.1) is 5.41 Å². The molecule has 18 heavy (non-hydrogen) atoms. The zero-order valence-corrected chi connectivity index (χ0v) is 12.3. The summed E-state index contributed by atoms with van der Waals surface area (Å²) in [7, 11) is 1.33. The lowest BCUT2D eigenvalue weighted by molar-refractivity contribution is -0.167. The molecule has 0 aromatic rings. The van der Waals surface area contributed by atoms with Crippen LogP contribution in [0.25, 0.3) is 0 Å². The van der Waals surface area contributed by atoms with Gasteiger partial charge in [0.1, 0.15) is 6.04 Å². The average molecular weight is 259 g/mol. The second kappa shape index (κ2) is 7.36. The van der Waals surface area contributed by atoms with Crippen LogP contribution < -0.4 is 0 Å². The molecule has 0 saturated carbocycles. The van der Waals surface area contributed by atoms with Crippen LogP contribution in [0.5, 0.6) is 0 Å². The van der Waals surface area contributed by atoms with Gasteiger partial charge in [0.15, 0.2) is 0 Å². The average Bonchev–Trinajstić information content (AvgIpc) is 2.34. The van der Waals surface area contributed by atoms with E-state index in [1.807, 2.05) is 18.7 Å². The zero-order chi connectivity index (χ0) is 14.3. The molecule has 0 aromatic heterocycles. The van der Waals surface area contributed by atoms with Crippen LogP contribution in [0.1, 0.15) is 34.6 Å². The van der Waals surface area contributed by atoms with E-state index in [2.05, 4.69) is 0 Å². The molecule has 0 unspecified atom stereocenters. The highest BCUT2D eigenvalue weighted by molar-refractivity contribution is 5.87. The summed E-state index contributed by atoms with van der Waals surface area (Å²) in [5.74, 6) is -0.788. The van der Waals surface area contributed by atoms with E-state index in [0.29, 0.717) is 19.7 Å². The number of carbonyl (C=O) groups is 2. The topological polar surface area (TPSA) is 55.8 Å². The van der Waals surface area contributed by atoms with Gasteiger partial charge < -0.3 is 9.47 Å². The van der Waals surface area contributed by atoms with Crippen molar-refractivity contribution >= 4 is 11.9 Å². The van der Waals surface area contributed by atoms with Gasteiger partial charge in [-0.1, -0.05) is 13.8 Å². The lowest BCUT2D eigenvalue weighted by Crippen LogP contribution is -2.54. The Labute approximate surface area is 109 Å². The number of nitrogens with zero attached hydrogens (tertiary/aromatic N) is 1. The molecule has 0 bridgehead atoms. The van der Waals surface area contributed by atoms with Crippen molar-refractivity contribution in [3.63, 3.8) is 0 Å². The summed E-state index contributed by atoms with van der Waals surface area (Å²) < 4.78 is 9.87. The van der Waals surface area contributed by atoms with Crippen molar-refractivity contribution in [1.82, 2.24) is 4.90 Å². The fourth-order valence-corrected chi connectivity index (χ4v) is 2.03. The number of ether oxygens (including phenoxy) is 2. The van der Waals surface area contributed by atoms with Crippen LogP contribution in [0.3, 0.4) is 0 Å². The minimum Gasteiger partial charge on any atom is -0.468 e. The van der Waals surface area contributed by atoms with E-state index in [1.165, 1.54) is 7.11 Å². The summed E-state index contributed by atoms with van der Waals surface area (Å²) in [6.07, 6.45) is 0. The van der Waals surface area contributed by atoms with Crippen molar-refractivity contribution < 1.29 is 19.1 Å². The first-order chi connectivity index (χ1) is 8.36. The highest BCUT2D eigenvalue weighted by Crippen LogP contribution is 2.28. The predicted molar refractivity (Wildman–Crippen MR) is 69.1 cm³/mol. The molecule has 0 aliphatic carbocycles. The molecular formula is C13H25NO4. The third-order valence-electron chi connectivity index (χ3n) is 3.09. The molecule has 0 spiro atoms. The molecule has 0 amide bonds. The van der Waals surface area contributed by atoms with Gasteiger partial charge in [0.25, 0.3) is 0 Å². The highest BCUT2D eigenvalue weighted by Gasteiger charge is 2.46. The van der Waals surface area contributed by atoms with Crippen molar-refractivity contribution in [1.29, 1.82) is 0 Å². The first kappa shape index (κ1) is 16.9. The van der Waals surface area contributed by atoms with Crippen LogP contribution in [0.2, 0.25) is 0 Å². The van der Waals surface area contributed by atoms with E-state index in [1.54, 1.807) is 20.8 Å². The Morgan fingerprint density at radius 3 is 2.00 bits per heavy atom. The molecule has 0 saturated heterocycles. The molecule has 106 valence electrons. The number of rotatable bonds is 7. The summed E-state index contributed by atoms with van der Waals surface area (Å²) in [5.41, 5.74) is -0.935. The second-order valence-corrected chi connectivity index (χ2v) is 4.59. The molecule has 5 nitrogen and oxygen atoms in total. The van der Waals surface area contributed by atoms with E-state index >= 15 is 0 Å². The highest BCUT2D eigenvalue weighted by atomic mass is 16.5. The van der Waals surface area contributed by atoms with Crippen molar-refractivity contribution in [3.05, 3.63) is 0 Å². The van der Waals surface area contributed by atoms with Crippen molar-refractivity contribution in [2.24, 2.45) is 5.41 Å². The van der Waals surface area contributed by atoms with Crippen molar-refractivity contribution in [2.45, 2.75) is 40.7 Å². The lowest BCUT2D eigenvalue weighted by atomic mass is 9.83. The Balaban J connectivity index is 5.28. The van der Waals surface area contributed by atoms with Crippen LogP contribution in [0.15, 0.2) is 0 Å². The van der Waals surface area contributed by atoms with Gasteiger partial charge in [0.2, 0.25) is 0 Å². The van der Waals surface area contributed by atoms with Crippen LogP contribution in [0.4, 0.5) is 0 Å². The van der Waals surface area contributed by atoms with Crippen LogP contribution in [-0.2, 0) is 19.1 Å². The van der Waals surface area contributed by atoms with Gasteiger partial charge in [-0.25, -0.2) is 0 Å². The SMILES string of the molecule is CCOC(=O)C(C)(C)[C@@H](C(=O)OC)N(CC)CC. The van der Waals surface area contributed by atoms with E-state index in [-0.39, 0.29) is 5.97 Å². The molecule has 5 heteroatoms. The molecule has 0 fully saturated rings. The summed E-state index contributed by atoms with van der Waals surface area (Å²) in [6.45, 7) is 10.7. The minimum absolute atomic E-state index is 0.300. The van der Waals surface area contributed by atoms with Gasteiger partial charge >= 0.3 is 11.9 Å². The lowest BCUT2D eigenvalue weighted by Gasteiger charge is -2.37. The molecule has 0 aromatic carbocycles. The second-order valence-electron chi connectivity index (χ2n) is 4.59. The number of hydrogen-bond acceptors (Lipinski definition) is 5. The molecule has 0 rings (SSSR count). The Morgan fingerprint density at radius 1 is 1.17 bits per heavy atom. The number of methoxy groups -OCH3 is 1.